The van der Waals surface area contributed by atoms with Gasteiger partial charge in [0.2, 0.25) is 0 Å². The van der Waals surface area contributed by atoms with E-state index in [2.05, 4.69) is 0 Å². The quantitative estimate of drug-likeness (QED) is 0.576. The average molecular weight is 544 g/mol. The van der Waals surface area contributed by atoms with Gasteiger partial charge < -0.3 is 29.3 Å². The molecule has 0 bridgehead atoms. The number of amides is 3. The lowest BCUT2D eigenvalue weighted by molar-refractivity contribution is -0.175. The maximum Gasteiger partial charge on any atom is 0.471 e. The number of hydrogen-bond acceptors (Lipinski definition) is 6. The minimum Gasteiger partial charge on any atom is -0.445 e. The highest BCUT2D eigenvalue weighted by molar-refractivity contribution is 5.82. The van der Waals surface area contributed by atoms with Crippen LogP contribution in [0.2, 0.25) is 0 Å². The van der Waals surface area contributed by atoms with Gasteiger partial charge in [0.15, 0.2) is 0 Å². The molecule has 2 aliphatic rings. The molecular formula is C26H36F3N3O6. The smallest absolute Gasteiger partial charge is 0.445 e. The summed E-state index contributed by atoms with van der Waals surface area (Å²) >= 11 is 0. The van der Waals surface area contributed by atoms with E-state index in [9.17, 15) is 27.6 Å². The van der Waals surface area contributed by atoms with Crippen molar-refractivity contribution in [3.63, 3.8) is 0 Å². The van der Waals surface area contributed by atoms with Crippen molar-refractivity contribution >= 4 is 18.1 Å². The SMILES string of the molecule is CC(C)(C)OC(=O)N1CCC(OCC2C(NC(=O)C(F)(F)F)CCCN2C(=O)OCc2ccccc2)CC1. The Kier molecular flexibility index (Phi) is 9.86. The van der Waals surface area contributed by atoms with Gasteiger partial charge >= 0.3 is 24.3 Å². The Morgan fingerprint density at radius 3 is 2.24 bits per heavy atom. The van der Waals surface area contributed by atoms with Crippen molar-refractivity contribution in [2.24, 2.45) is 0 Å². The molecule has 0 spiro atoms. The number of rotatable bonds is 6. The van der Waals surface area contributed by atoms with Crippen LogP contribution in [0.4, 0.5) is 22.8 Å². The van der Waals surface area contributed by atoms with E-state index in [1.165, 1.54) is 4.90 Å². The Morgan fingerprint density at radius 1 is 0.974 bits per heavy atom. The van der Waals surface area contributed by atoms with E-state index in [4.69, 9.17) is 14.2 Å². The topological polar surface area (TPSA) is 97.4 Å². The third kappa shape index (κ3) is 8.78. The van der Waals surface area contributed by atoms with Crippen molar-refractivity contribution in [1.29, 1.82) is 0 Å². The van der Waals surface area contributed by atoms with E-state index in [0.29, 0.717) is 32.4 Å². The minimum absolute atomic E-state index is 0.00640. The number of likely N-dealkylation sites (tertiary alicyclic amines) is 2. The third-order valence-electron chi connectivity index (χ3n) is 6.39. The normalized spacial score (nSPS) is 21.1. The zero-order valence-electron chi connectivity index (χ0n) is 22.0. The second-order valence-electron chi connectivity index (χ2n) is 10.5. The van der Waals surface area contributed by atoms with Gasteiger partial charge in [-0.25, -0.2) is 9.59 Å². The number of halogens is 3. The molecule has 0 aromatic heterocycles. The largest absolute Gasteiger partial charge is 0.471 e. The second-order valence-corrected chi connectivity index (χ2v) is 10.5. The van der Waals surface area contributed by atoms with Gasteiger partial charge in [-0.1, -0.05) is 30.3 Å². The fourth-order valence-corrected chi connectivity index (χ4v) is 4.48. The summed E-state index contributed by atoms with van der Waals surface area (Å²) in [4.78, 5) is 39.9. The first-order valence-electron chi connectivity index (χ1n) is 12.8. The van der Waals surface area contributed by atoms with E-state index < -0.39 is 42.0 Å². The molecule has 2 atom stereocenters. The molecule has 1 aromatic carbocycles. The summed E-state index contributed by atoms with van der Waals surface area (Å²) < 4.78 is 55.8. The average Bonchev–Trinajstić information content (AvgIpc) is 2.85. The van der Waals surface area contributed by atoms with Crippen molar-refractivity contribution < 1.29 is 41.8 Å². The molecule has 2 saturated heterocycles. The van der Waals surface area contributed by atoms with Crippen LogP contribution in [0.3, 0.4) is 0 Å². The first-order valence-corrected chi connectivity index (χ1v) is 12.8. The number of piperidine rings is 2. The van der Waals surface area contributed by atoms with Crippen molar-refractivity contribution in [2.75, 3.05) is 26.2 Å². The Balaban J connectivity index is 1.62. The third-order valence-corrected chi connectivity index (χ3v) is 6.39. The fourth-order valence-electron chi connectivity index (χ4n) is 4.48. The molecule has 2 aliphatic heterocycles. The molecule has 3 rings (SSSR count). The summed E-state index contributed by atoms with van der Waals surface area (Å²) in [5.41, 5.74) is 0.157. The van der Waals surface area contributed by atoms with Crippen LogP contribution >= 0.6 is 0 Å². The van der Waals surface area contributed by atoms with Crippen LogP contribution < -0.4 is 5.32 Å². The molecule has 12 heteroatoms. The standard InChI is InChI=1S/C26H36F3N3O6/c1-25(2,3)38-23(34)31-14-11-19(12-15-31)36-17-21-20(30-22(33)26(27,28)29)10-7-13-32(21)24(35)37-16-18-8-5-4-6-9-18/h4-6,8-9,19-21H,7,10-17H2,1-3H3,(H,30,33). The van der Waals surface area contributed by atoms with Crippen LogP contribution in [-0.4, -0.2) is 84.1 Å². The lowest BCUT2D eigenvalue weighted by Crippen LogP contribution is -2.60. The highest BCUT2D eigenvalue weighted by atomic mass is 19.4. The number of carbonyl (C=O) groups is 3. The van der Waals surface area contributed by atoms with Crippen LogP contribution in [0.1, 0.15) is 52.0 Å². The van der Waals surface area contributed by atoms with Crippen LogP contribution in [0.15, 0.2) is 30.3 Å². The summed E-state index contributed by atoms with van der Waals surface area (Å²) in [6.45, 7) is 6.35. The van der Waals surface area contributed by atoms with Gasteiger partial charge in [-0.3, -0.25) is 4.79 Å². The van der Waals surface area contributed by atoms with Crippen molar-refractivity contribution in [3.05, 3.63) is 35.9 Å². The Bertz CT molecular complexity index is 946. The van der Waals surface area contributed by atoms with Gasteiger partial charge in [0.1, 0.15) is 12.2 Å². The zero-order valence-corrected chi connectivity index (χ0v) is 22.0. The molecule has 2 heterocycles. The van der Waals surface area contributed by atoms with Gasteiger partial charge in [-0.15, -0.1) is 0 Å². The second kappa shape index (κ2) is 12.7. The monoisotopic (exact) mass is 543 g/mol. The highest BCUT2D eigenvalue weighted by Crippen LogP contribution is 2.24. The lowest BCUT2D eigenvalue weighted by Gasteiger charge is -2.41. The zero-order chi connectivity index (χ0) is 27.9. The number of alkyl halides is 3. The fraction of sp³-hybridized carbons (Fsp3) is 0.654. The summed E-state index contributed by atoms with van der Waals surface area (Å²) in [7, 11) is 0. The van der Waals surface area contributed by atoms with E-state index in [1.807, 2.05) is 11.4 Å². The van der Waals surface area contributed by atoms with Crippen molar-refractivity contribution in [2.45, 2.75) is 83.0 Å². The predicted octanol–water partition coefficient (Wildman–Crippen LogP) is 4.25. The molecular weight excluding hydrogens is 507 g/mol. The minimum atomic E-state index is -5.05. The Labute approximate surface area is 220 Å². The number of ether oxygens (including phenoxy) is 3. The van der Waals surface area contributed by atoms with Gasteiger partial charge in [0, 0.05) is 19.6 Å². The van der Waals surface area contributed by atoms with Crippen LogP contribution in [-0.2, 0) is 25.6 Å². The molecule has 9 nitrogen and oxygen atoms in total. The molecule has 1 N–H and O–H groups in total. The van der Waals surface area contributed by atoms with Crippen LogP contribution in [0, 0.1) is 0 Å². The van der Waals surface area contributed by atoms with Crippen LogP contribution in [0.5, 0.6) is 0 Å². The predicted molar refractivity (Wildman–Crippen MR) is 131 cm³/mol. The maximum atomic E-state index is 13.0. The molecule has 0 aliphatic carbocycles. The van der Waals surface area contributed by atoms with Crippen LogP contribution in [0.25, 0.3) is 0 Å². The van der Waals surface area contributed by atoms with E-state index >= 15 is 0 Å². The molecule has 38 heavy (non-hydrogen) atoms. The number of carbonyl (C=O) groups excluding carboxylic acids is 3. The van der Waals surface area contributed by atoms with Gasteiger partial charge in [0.25, 0.3) is 0 Å². The molecule has 2 unspecified atom stereocenters. The molecule has 212 valence electrons. The summed E-state index contributed by atoms with van der Waals surface area (Å²) in [5.74, 6) is -2.06. The Hall–Kier alpha value is -3.02. The van der Waals surface area contributed by atoms with Gasteiger partial charge in [-0.05, 0) is 52.0 Å². The van der Waals surface area contributed by atoms with Gasteiger partial charge in [-0.2, -0.15) is 13.2 Å². The number of benzene rings is 1. The molecule has 0 radical (unpaired) electrons. The first-order chi connectivity index (χ1) is 17.8. The van der Waals surface area contributed by atoms with Crippen molar-refractivity contribution in [3.8, 4) is 0 Å². The lowest BCUT2D eigenvalue weighted by atomic mass is 9.96. The van der Waals surface area contributed by atoms with E-state index in [-0.39, 0.29) is 32.3 Å². The highest BCUT2D eigenvalue weighted by Gasteiger charge is 2.44. The van der Waals surface area contributed by atoms with E-state index in [0.717, 1.165) is 5.56 Å². The summed E-state index contributed by atoms with van der Waals surface area (Å²) in [6, 6.07) is 7.22. The number of nitrogens with one attached hydrogen (secondary N) is 1. The Morgan fingerprint density at radius 2 is 1.63 bits per heavy atom. The van der Waals surface area contributed by atoms with Gasteiger partial charge in [0.05, 0.1) is 24.8 Å². The van der Waals surface area contributed by atoms with Crippen molar-refractivity contribution in [1.82, 2.24) is 15.1 Å². The molecule has 1 aromatic rings. The molecule has 3 amide bonds. The number of nitrogens with zero attached hydrogens (tertiary/aromatic N) is 2. The molecule has 0 saturated carbocycles. The molecule has 2 fully saturated rings. The van der Waals surface area contributed by atoms with E-state index in [1.54, 1.807) is 49.9 Å². The maximum absolute atomic E-state index is 13.0. The summed E-state index contributed by atoms with van der Waals surface area (Å²) in [6.07, 6.45) is -4.75. The first kappa shape index (κ1) is 29.5. The number of hydrogen-bond donors (Lipinski definition) is 1. The summed E-state index contributed by atoms with van der Waals surface area (Å²) in [5, 5.41) is 2.04.